The average Bonchev–Trinajstić information content (AvgIpc) is 2.83. The molecule has 0 spiro atoms. The number of hydrogen-bond donors (Lipinski definition) is 1. The van der Waals surface area contributed by atoms with E-state index in [0.717, 1.165) is 0 Å². The number of carboxylic acid groups (broad SMARTS) is 1. The summed E-state index contributed by atoms with van der Waals surface area (Å²) < 4.78 is 0. The molecule has 3 heteroatoms. The summed E-state index contributed by atoms with van der Waals surface area (Å²) in [6.45, 7) is 1.60. The van der Waals surface area contributed by atoms with Gasteiger partial charge in [-0.2, -0.15) is 0 Å². The zero-order valence-electron chi connectivity index (χ0n) is 17.1. The zero-order chi connectivity index (χ0) is 21.2. The molecule has 2 nitrogen and oxygen atoms in total. The van der Waals surface area contributed by atoms with E-state index in [1.54, 1.807) is 6.92 Å². The summed E-state index contributed by atoms with van der Waals surface area (Å²) in [6, 6.07) is 44.0. The normalized spacial score (nSPS) is 11.1. The molecule has 0 aliphatic rings. The van der Waals surface area contributed by atoms with Crippen molar-refractivity contribution >= 4 is 34.4 Å². The van der Waals surface area contributed by atoms with E-state index in [4.69, 9.17) is 5.11 Å². The Balaban J connectivity index is 0.000000461. The summed E-state index contributed by atoms with van der Waals surface area (Å²) >= 11 is 0. The van der Waals surface area contributed by atoms with Crippen LogP contribution in [0, 0.1) is 0 Å². The van der Waals surface area contributed by atoms with Gasteiger partial charge < -0.3 is 5.11 Å². The summed E-state index contributed by atoms with van der Waals surface area (Å²) in [6.07, 6.45) is 0.222. The Morgan fingerprint density at radius 1 is 0.567 bits per heavy atom. The molecule has 0 aliphatic carbocycles. The number of rotatable bonds is 5. The molecule has 0 aromatic heterocycles. The van der Waals surface area contributed by atoms with Crippen molar-refractivity contribution in [1.29, 1.82) is 0 Å². The van der Waals surface area contributed by atoms with Gasteiger partial charge in [0.25, 0.3) is 0 Å². The van der Waals surface area contributed by atoms with Crippen molar-refractivity contribution in [2.45, 2.75) is 13.3 Å². The van der Waals surface area contributed by atoms with Crippen LogP contribution in [-0.2, 0) is 4.79 Å². The Bertz CT molecular complexity index is 870. The molecule has 0 heterocycles. The van der Waals surface area contributed by atoms with Crippen LogP contribution in [0.1, 0.15) is 13.3 Å². The Morgan fingerprint density at radius 3 is 0.933 bits per heavy atom. The summed E-state index contributed by atoms with van der Waals surface area (Å²) in [5.41, 5.74) is 0. The fourth-order valence-electron chi connectivity index (χ4n) is 3.75. The first-order valence-corrected chi connectivity index (χ1v) is 12.1. The van der Waals surface area contributed by atoms with Gasteiger partial charge in [0.05, 0.1) is 0 Å². The van der Waals surface area contributed by atoms with Crippen LogP contribution >= 0.6 is 7.26 Å². The molecule has 0 amide bonds. The van der Waals surface area contributed by atoms with Gasteiger partial charge >= 0.3 is 156 Å². The maximum atomic E-state index is 9.37. The van der Waals surface area contributed by atoms with Crippen LogP contribution in [0.5, 0.6) is 0 Å². The molecule has 1 N–H and O–H groups in total. The van der Waals surface area contributed by atoms with E-state index in [9.17, 15) is 4.79 Å². The zero-order valence-corrected chi connectivity index (χ0v) is 18.1. The number of carbonyl (C=O) groups is 1. The van der Waals surface area contributed by atoms with E-state index < -0.39 is 13.2 Å². The third-order valence-electron chi connectivity index (χ3n) is 5.13. The molecule has 0 radical (unpaired) electrons. The molecule has 0 fully saturated rings. The summed E-state index contributed by atoms with van der Waals surface area (Å²) in [5, 5.41) is 13.4. The quantitative estimate of drug-likeness (QED) is 0.488. The van der Waals surface area contributed by atoms with Gasteiger partial charge in [-0.3, -0.25) is 4.79 Å². The van der Waals surface area contributed by atoms with Gasteiger partial charge in [-0.05, 0) is 0 Å². The van der Waals surface area contributed by atoms with E-state index in [1.807, 2.05) is 0 Å². The second-order valence-corrected chi connectivity index (χ2v) is 10.8. The van der Waals surface area contributed by atoms with Crippen LogP contribution in [0.25, 0.3) is 0 Å². The third-order valence-corrected chi connectivity index (χ3v) is 9.93. The number of carboxylic acids is 1. The number of hydrogen-bond acceptors (Lipinski definition) is 1. The van der Waals surface area contributed by atoms with Crippen molar-refractivity contribution in [1.82, 2.24) is 0 Å². The molecule has 0 aliphatic heterocycles. The Hall–Kier alpha value is -3.22. The minimum atomic E-state index is -2.30. The van der Waals surface area contributed by atoms with Crippen LogP contribution in [-0.4, -0.2) is 11.1 Å². The van der Waals surface area contributed by atoms with Crippen molar-refractivity contribution in [3.63, 3.8) is 0 Å². The van der Waals surface area contributed by atoms with E-state index in [1.165, 1.54) is 21.2 Å². The van der Waals surface area contributed by atoms with Gasteiger partial charge in [0.2, 0.25) is 0 Å². The minimum absolute atomic E-state index is 0.222. The molecule has 0 atom stereocenters. The molecule has 4 aromatic rings. The SMILES string of the molecule is CCC(=O)O.c1ccc([PH](c2ccccc2)(c2ccccc2)c2ccccc2)cc1. The van der Waals surface area contributed by atoms with Crippen molar-refractivity contribution in [2.75, 3.05) is 0 Å². The monoisotopic (exact) mass is 414 g/mol. The molecule has 0 saturated heterocycles. The molecular formula is C27H27O2P. The maximum absolute atomic E-state index is 9.37. The van der Waals surface area contributed by atoms with E-state index in [2.05, 4.69) is 121 Å². The topological polar surface area (TPSA) is 37.3 Å². The Morgan fingerprint density at radius 2 is 0.767 bits per heavy atom. The number of aliphatic carboxylic acids is 1. The van der Waals surface area contributed by atoms with Gasteiger partial charge in [0.1, 0.15) is 0 Å². The standard InChI is InChI=1S/C24H21P.C3H6O2/c1-5-13-21(14-6-1)25(22-15-7-2-8-16-22,23-17-9-3-10-18-23)24-19-11-4-12-20-24;1-2-3(4)5/h1-20,25H;2H2,1H3,(H,4,5). The van der Waals surface area contributed by atoms with Crippen molar-refractivity contribution < 1.29 is 9.90 Å². The van der Waals surface area contributed by atoms with Crippen LogP contribution in [0.2, 0.25) is 0 Å². The van der Waals surface area contributed by atoms with E-state index in [-0.39, 0.29) is 6.42 Å². The van der Waals surface area contributed by atoms with Crippen LogP contribution in [0.3, 0.4) is 0 Å². The summed E-state index contributed by atoms with van der Waals surface area (Å²) in [5.74, 6) is -0.745. The van der Waals surface area contributed by atoms with Crippen molar-refractivity contribution in [2.24, 2.45) is 0 Å². The van der Waals surface area contributed by atoms with Crippen LogP contribution < -0.4 is 21.2 Å². The van der Waals surface area contributed by atoms with E-state index >= 15 is 0 Å². The second-order valence-electron chi connectivity index (χ2n) is 6.96. The molecule has 152 valence electrons. The number of benzene rings is 4. The second kappa shape index (κ2) is 10.5. The first kappa shape index (κ1) is 21.5. The molecule has 0 bridgehead atoms. The van der Waals surface area contributed by atoms with Gasteiger partial charge in [0, 0.05) is 6.42 Å². The fraction of sp³-hybridized carbons (Fsp3) is 0.0741. The first-order chi connectivity index (χ1) is 14.7. The summed E-state index contributed by atoms with van der Waals surface area (Å²) in [4.78, 5) is 9.37. The first-order valence-electron chi connectivity index (χ1n) is 10.1. The van der Waals surface area contributed by atoms with Gasteiger partial charge in [-0.1, -0.05) is 6.92 Å². The molecule has 30 heavy (non-hydrogen) atoms. The van der Waals surface area contributed by atoms with Crippen molar-refractivity contribution in [3.8, 4) is 0 Å². The fourth-order valence-corrected chi connectivity index (χ4v) is 8.52. The predicted molar refractivity (Wildman–Crippen MR) is 131 cm³/mol. The Labute approximate surface area is 179 Å². The van der Waals surface area contributed by atoms with Crippen LogP contribution in [0.15, 0.2) is 121 Å². The third kappa shape index (κ3) is 4.67. The van der Waals surface area contributed by atoms with Crippen molar-refractivity contribution in [3.05, 3.63) is 121 Å². The molecule has 4 rings (SSSR count). The summed E-state index contributed by atoms with van der Waals surface area (Å²) in [7, 11) is -2.30. The molecular weight excluding hydrogens is 387 g/mol. The molecule has 0 saturated carbocycles. The molecule has 4 aromatic carbocycles. The average molecular weight is 414 g/mol. The van der Waals surface area contributed by atoms with Gasteiger partial charge in [-0.15, -0.1) is 0 Å². The predicted octanol–water partition coefficient (Wildman–Crippen LogP) is 4.52. The van der Waals surface area contributed by atoms with Gasteiger partial charge in [-0.25, -0.2) is 0 Å². The van der Waals surface area contributed by atoms with E-state index in [0.29, 0.717) is 0 Å². The molecule has 0 unspecified atom stereocenters. The van der Waals surface area contributed by atoms with Gasteiger partial charge in [0.15, 0.2) is 0 Å². The van der Waals surface area contributed by atoms with Crippen LogP contribution in [0.4, 0.5) is 0 Å². The Kier molecular flexibility index (Phi) is 7.54.